The van der Waals surface area contributed by atoms with E-state index in [0.29, 0.717) is 11.3 Å². The minimum Gasteiger partial charge on any atom is -1.00 e. The maximum atomic E-state index is 3.69. The average molecular weight is 797 g/mol. The molecule has 0 radical (unpaired) electrons. The Labute approximate surface area is 338 Å². The SMILES string of the molecule is CC1[C-]=CC(C2(C)CCCCC2)=C1.C[C](=[Zr+2])c1ccc2ccccc2c1.Cc1[c-]c2c(cc1C(C)(C)C)-c1cc(C(C)(C)C)c(C)cc1C2.[Cl-].[Cl-]. The van der Waals surface area contributed by atoms with Gasteiger partial charge in [-0.3, -0.25) is 6.08 Å². The monoisotopic (exact) mass is 794 g/mol. The van der Waals surface area contributed by atoms with Crippen molar-refractivity contribution in [2.75, 3.05) is 0 Å². The molecule has 1 unspecified atom stereocenters. The van der Waals surface area contributed by atoms with E-state index in [0.717, 1.165) is 6.42 Å². The molecule has 0 spiro atoms. The van der Waals surface area contributed by atoms with E-state index in [1.807, 2.05) is 0 Å². The summed E-state index contributed by atoms with van der Waals surface area (Å²) in [6.07, 6.45) is 16.0. The number of rotatable bonds is 2. The zero-order valence-electron chi connectivity index (χ0n) is 33.0. The van der Waals surface area contributed by atoms with Crippen LogP contribution in [0.25, 0.3) is 21.9 Å². The second-order valence-electron chi connectivity index (χ2n) is 17.2. The Kier molecular flexibility index (Phi) is 14.8. The first-order valence-electron chi connectivity index (χ1n) is 18.5. The molecule has 7 rings (SSSR count). The van der Waals surface area contributed by atoms with Crippen molar-refractivity contribution in [1.29, 1.82) is 0 Å². The first kappa shape index (κ1) is 43.4. The maximum absolute atomic E-state index is 3.69. The molecule has 1 fully saturated rings. The van der Waals surface area contributed by atoms with Gasteiger partial charge < -0.3 is 24.8 Å². The molecule has 270 valence electrons. The molecule has 0 aliphatic heterocycles. The van der Waals surface area contributed by atoms with Crippen molar-refractivity contribution in [1.82, 2.24) is 0 Å². The summed E-state index contributed by atoms with van der Waals surface area (Å²) in [5, 5.41) is 2.66. The third-order valence-electron chi connectivity index (χ3n) is 10.8. The van der Waals surface area contributed by atoms with E-state index in [-0.39, 0.29) is 35.6 Å². The molecule has 0 bridgehead atoms. The first-order valence-corrected chi connectivity index (χ1v) is 19.8. The summed E-state index contributed by atoms with van der Waals surface area (Å²) in [4.78, 5) is 0. The van der Waals surface area contributed by atoms with Gasteiger partial charge in [0, 0.05) is 0 Å². The third-order valence-corrected chi connectivity index (χ3v) is 11.6. The molecule has 3 aliphatic rings. The van der Waals surface area contributed by atoms with Crippen LogP contribution in [-0.2, 0) is 41.5 Å². The van der Waals surface area contributed by atoms with Crippen molar-refractivity contribution in [3.05, 3.63) is 129 Å². The summed E-state index contributed by atoms with van der Waals surface area (Å²) >= 11 is 1.50. The van der Waals surface area contributed by atoms with Gasteiger partial charge in [0.2, 0.25) is 0 Å². The summed E-state index contributed by atoms with van der Waals surface area (Å²) in [5.41, 5.74) is 15.0. The number of hydrogen-bond donors (Lipinski definition) is 0. The van der Waals surface area contributed by atoms with Crippen LogP contribution >= 0.6 is 0 Å². The van der Waals surface area contributed by atoms with Crippen molar-refractivity contribution in [3.8, 4) is 11.1 Å². The second kappa shape index (κ2) is 17.4. The van der Waals surface area contributed by atoms with E-state index < -0.39 is 0 Å². The summed E-state index contributed by atoms with van der Waals surface area (Å²) in [7, 11) is 0. The van der Waals surface area contributed by atoms with Crippen LogP contribution in [0.2, 0.25) is 0 Å². The predicted octanol–water partition coefficient (Wildman–Crippen LogP) is 7.10. The van der Waals surface area contributed by atoms with Gasteiger partial charge in [-0.2, -0.15) is 29.3 Å². The molecule has 0 amide bonds. The van der Waals surface area contributed by atoms with E-state index in [1.165, 1.54) is 120 Å². The molecule has 0 heterocycles. The molecule has 1 atom stereocenters. The van der Waals surface area contributed by atoms with Crippen LogP contribution in [-0.4, -0.2) is 3.21 Å². The molecule has 0 aromatic heterocycles. The topological polar surface area (TPSA) is 0 Å². The molecule has 3 aliphatic carbocycles. The Balaban J connectivity index is 0.000000216. The minimum atomic E-state index is 0. The van der Waals surface area contributed by atoms with Crippen LogP contribution in [0.15, 0.2) is 78.4 Å². The van der Waals surface area contributed by atoms with Gasteiger partial charge in [0.1, 0.15) is 0 Å². The molecule has 0 saturated heterocycles. The van der Waals surface area contributed by atoms with Gasteiger partial charge in [0.15, 0.2) is 0 Å². The molecule has 4 aromatic carbocycles. The summed E-state index contributed by atoms with van der Waals surface area (Å²) in [6.45, 7) is 25.1. The maximum Gasteiger partial charge on any atom is -0.0129 e. The summed E-state index contributed by atoms with van der Waals surface area (Å²) in [6, 6.07) is 26.1. The normalized spacial score (nSPS) is 17.0. The fraction of sp³-hybridized carbons (Fsp3) is 0.438. The van der Waals surface area contributed by atoms with Crippen LogP contribution in [0.3, 0.4) is 0 Å². The van der Waals surface area contributed by atoms with Gasteiger partial charge in [-0.1, -0.05) is 129 Å². The van der Waals surface area contributed by atoms with Crippen molar-refractivity contribution in [2.24, 2.45) is 11.3 Å². The van der Waals surface area contributed by atoms with E-state index in [4.69, 9.17) is 0 Å². The van der Waals surface area contributed by atoms with Gasteiger partial charge in [0.05, 0.1) is 0 Å². The molecule has 0 nitrogen and oxygen atoms in total. The van der Waals surface area contributed by atoms with Crippen LogP contribution in [0, 0.1) is 37.3 Å². The Hall–Kier alpha value is -2.05. The van der Waals surface area contributed by atoms with Crippen LogP contribution in [0.4, 0.5) is 0 Å². The number of aryl methyl sites for hydroxylation is 2. The number of hydrogen-bond acceptors (Lipinski definition) is 0. The van der Waals surface area contributed by atoms with Crippen molar-refractivity contribution in [3.63, 3.8) is 0 Å². The molecule has 4 aromatic rings. The van der Waals surface area contributed by atoms with Crippen LogP contribution < -0.4 is 24.8 Å². The van der Waals surface area contributed by atoms with Crippen molar-refractivity contribution < 1.29 is 49.0 Å². The standard InChI is InChI=1S/C23H29.C13H19.C12H10.2ClH.Zr/c1-14-9-16-11-17-10-15(2)21(23(6,7)8)13-19(17)18(16)12-20(14)22(3,4)5;1-11-6-7-12(10-11)13(2)8-4-3-5-9-13;1-2-10-7-8-11-5-3-4-6-12(11)9-10;;;/h9,12-13H,11H2,1-8H3;7,10-11H,3-5,8-9H2,1-2H3;3-9H,1H3;2*1H;/q2*-1;;;;+2/p-2. The van der Waals surface area contributed by atoms with Crippen LogP contribution in [0.1, 0.15) is 133 Å². The molecular weight excluding hydrogens is 739 g/mol. The summed E-state index contributed by atoms with van der Waals surface area (Å²) < 4.78 is 1.46. The Morgan fingerprint density at radius 3 is 1.96 bits per heavy atom. The van der Waals surface area contributed by atoms with Gasteiger partial charge in [-0.15, -0.1) is 16.7 Å². The quantitative estimate of drug-likeness (QED) is 0.168. The zero-order valence-corrected chi connectivity index (χ0v) is 37.0. The van der Waals surface area contributed by atoms with Crippen molar-refractivity contribution in [2.45, 2.75) is 126 Å². The molecule has 51 heavy (non-hydrogen) atoms. The van der Waals surface area contributed by atoms with E-state index >= 15 is 0 Å². The summed E-state index contributed by atoms with van der Waals surface area (Å²) in [5.74, 6) is 0.550. The van der Waals surface area contributed by atoms with Gasteiger partial charge >= 0.3 is 93.2 Å². The Bertz CT molecular complexity index is 1840. The number of benzene rings is 4. The molecule has 1 saturated carbocycles. The van der Waals surface area contributed by atoms with Gasteiger partial charge in [0.25, 0.3) is 0 Å². The predicted molar refractivity (Wildman–Crippen MR) is 210 cm³/mol. The molecule has 3 heteroatoms. The van der Waals surface area contributed by atoms with Crippen molar-refractivity contribution >= 4 is 14.0 Å². The Morgan fingerprint density at radius 1 is 0.784 bits per heavy atom. The largest absolute Gasteiger partial charge is 1.00 e. The first-order chi connectivity index (χ1) is 23.0. The van der Waals surface area contributed by atoms with E-state index in [2.05, 4.69) is 161 Å². The molecular formula is C48H58Cl2Zr-2. The van der Waals surface area contributed by atoms with Gasteiger partial charge in [-0.05, 0) is 35.4 Å². The number of fused-ring (bicyclic) bond motifs is 4. The minimum absolute atomic E-state index is 0. The average Bonchev–Trinajstić information content (AvgIpc) is 3.62. The van der Waals surface area contributed by atoms with Crippen LogP contribution in [0.5, 0.6) is 0 Å². The Morgan fingerprint density at radius 2 is 1.39 bits per heavy atom. The van der Waals surface area contributed by atoms with E-state index in [1.54, 1.807) is 5.57 Å². The fourth-order valence-electron chi connectivity index (χ4n) is 8.03. The fourth-order valence-corrected chi connectivity index (χ4v) is 8.41. The second-order valence-corrected chi connectivity index (χ2v) is 19.1. The number of allylic oxidation sites excluding steroid dienone is 4. The van der Waals surface area contributed by atoms with Gasteiger partial charge in [-0.25, -0.2) is 6.08 Å². The number of halogens is 2. The smallest absolute Gasteiger partial charge is 0.0129 e. The third kappa shape index (κ3) is 10.3. The molecule has 0 N–H and O–H groups in total. The van der Waals surface area contributed by atoms with E-state index in [9.17, 15) is 0 Å². The zero-order chi connectivity index (χ0) is 35.7.